The standard InChI is InChI=1S/C58H42N4/c59-37-39-17-27-51-52-28-26-48(35-54(52)58(53(51)32-39)29-5-2-6-30-58)41-20-18-40(19-21-41)45-12-7-13-46(33-45)47-14-8-15-49(34-47)56-36-55(61-57(62-56)44-10-3-1-4-11-44)43-24-22-42(23-25-43)50-16-9-31-60-38-50/h1,3-4,7-28,31-36,38H,2,5-6,29-30H2. The summed E-state index contributed by atoms with van der Waals surface area (Å²) in [5, 5.41) is 9.76. The van der Waals surface area contributed by atoms with Crippen LogP contribution in [0.2, 0.25) is 0 Å². The second kappa shape index (κ2) is 15.7. The number of nitriles is 1. The number of hydrogen-bond acceptors (Lipinski definition) is 4. The summed E-state index contributed by atoms with van der Waals surface area (Å²) < 4.78 is 0. The van der Waals surface area contributed by atoms with Gasteiger partial charge < -0.3 is 0 Å². The first-order valence-corrected chi connectivity index (χ1v) is 21.6. The second-order valence-corrected chi connectivity index (χ2v) is 16.7. The number of pyridine rings is 1. The molecule has 0 atom stereocenters. The monoisotopic (exact) mass is 794 g/mol. The summed E-state index contributed by atoms with van der Waals surface area (Å²) in [6, 6.07) is 67.1. The maximum Gasteiger partial charge on any atom is 0.160 e. The molecule has 0 radical (unpaired) electrons. The van der Waals surface area contributed by atoms with E-state index in [4.69, 9.17) is 9.97 Å². The SMILES string of the molecule is N#Cc1ccc2c(c1)C1(CCCCC1)c1cc(-c3ccc(-c4cccc(-c5cccc(-c6cc(-c7ccc(-c8cccnc8)cc7)nc(-c7ccccc7)n6)c5)c4)cc3)ccc1-2. The first-order valence-electron chi connectivity index (χ1n) is 21.6. The maximum atomic E-state index is 9.76. The predicted molar refractivity (Wildman–Crippen MR) is 252 cm³/mol. The van der Waals surface area contributed by atoms with Crippen LogP contribution < -0.4 is 0 Å². The van der Waals surface area contributed by atoms with Crippen molar-refractivity contribution in [2.45, 2.75) is 37.5 Å². The average molecular weight is 795 g/mol. The molecule has 9 aromatic rings. The van der Waals surface area contributed by atoms with Crippen molar-refractivity contribution in [3.05, 3.63) is 211 Å². The Kier molecular flexibility index (Phi) is 9.44. The molecular weight excluding hydrogens is 753 g/mol. The van der Waals surface area contributed by atoms with E-state index < -0.39 is 0 Å². The first kappa shape index (κ1) is 37.3. The number of nitrogens with zero attached hydrogens (tertiary/aromatic N) is 4. The third kappa shape index (κ3) is 6.79. The summed E-state index contributed by atoms with van der Waals surface area (Å²) in [6.45, 7) is 0. The molecule has 1 fully saturated rings. The Balaban J connectivity index is 0.893. The minimum atomic E-state index is -0.00322. The van der Waals surface area contributed by atoms with Crippen LogP contribution >= 0.6 is 0 Å². The van der Waals surface area contributed by atoms with Crippen molar-refractivity contribution in [3.63, 3.8) is 0 Å². The molecule has 4 heteroatoms. The zero-order valence-corrected chi connectivity index (χ0v) is 34.3. The molecule has 62 heavy (non-hydrogen) atoms. The zero-order valence-electron chi connectivity index (χ0n) is 34.3. The van der Waals surface area contributed by atoms with E-state index in [9.17, 15) is 5.26 Å². The van der Waals surface area contributed by atoms with Crippen LogP contribution in [0, 0.1) is 11.3 Å². The minimum Gasteiger partial charge on any atom is -0.264 e. The van der Waals surface area contributed by atoms with Crippen molar-refractivity contribution in [2.24, 2.45) is 0 Å². The molecule has 0 aliphatic heterocycles. The number of aromatic nitrogens is 3. The van der Waals surface area contributed by atoms with Crippen LogP contribution in [-0.4, -0.2) is 15.0 Å². The molecule has 2 aliphatic carbocycles. The van der Waals surface area contributed by atoms with Gasteiger partial charge in [0.2, 0.25) is 0 Å². The van der Waals surface area contributed by atoms with Crippen molar-refractivity contribution in [2.75, 3.05) is 0 Å². The van der Waals surface area contributed by atoms with Crippen LogP contribution in [-0.2, 0) is 5.41 Å². The van der Waals surface area contributed by atoms with Gasteiger partial charge in [-0.15, -0.1) is 0 Å². The summed E-state index contributed by atoms with van der Waals surface area (Å²) in [6.07, 6.45) is 9.68. The summed E-state index contributed by atoms with van der Waals surface area (Å²) in [5.41, 5.74) is 20.2. The zero-order chi connectivity index (χ0) is 41.5. The van der Waals surface area contributed by atoms with Gasteiger partial charge in [-0.1, -0.05) is 159 Å². The molecule has 2 aromatic heterocycles. The van der Waals surface area contributed by atoms with Crippen LogP contribution in [0.25, 0.3) is 89.5 Å². The van der Waals surface area contributed by atoms with Crippen molar-refractivity contribution in [1.29, 1.82) is 5.26 Å². The summed E-state index contributed by atoms with van der Waals surface area (Å²) in [4.78, 5) is 14.5. The van der Waals surface area contributed by atoms with Gasteiger partial charge in [-0.3, -0.25) is 4.98 Å². The lowest BCUT2D eigenvalue weighted by Crippen LogP contribution is -2.28. The van der Waals surface area contributed by atoms with E-state index in [0.717, 1.165) is 68.7 Å². The smallest absolute Gasteiger partial charge is 0.160 e. The molecule has 1 spiro atoms. The molecule has 0 unspecified atom stereocenters. The summed E-state index contributed by atoms with van der Waals surface area (Å²) >= 11 is 0. The maximum absolute atomic E-state index is 9.76. The highest BCUT2D eigenvalue weighted by molar-refractivity contribution is 5.85. The average Bonchev–Trinajstić information content (AvgIpc) is 3.61. The predicted octanol–water partition coefficient (Wildman–Crippen LogP) is 14.6. The highest BCUT2D eigenvalue weighted by Gasteiger charge is 2.44. The van der Waals surface area contributed by atoms with E-state index >= 15 is 0 Å². The molecule has 11 rings (SSSR count). The number of hydrogen-bond donors (Lipinski definition) is 0. The van der Waals surface area contributed by atoms with Gasteiger partial charge in [-0.2, -0.15) is 5.26 Å². The Hall–Kier alpha value is -7.74. The van der Waals surface area contributed by atoms with Crippen molar-refractivity contribution >= 4 is 0 Å². The molecule has 7 aromatic carbocycles. The second-order valence-electron chi connectivity index (χ2n) is 16.7. The van der Waals surface area contributed by atoms with Crippen LogP contribution in [0.1, 0.15) is 48.8 Å². The molecule has 0 saturated heterocycles. The third-order valence-corrected chi connectivity index (χ3v) is 13.0. The van der Waals surface area contributed by atoms with Gasteiger partial charge >= 0.3 is 0 Å². The van der Waals surface area contributed by atoms with Crippen molar-refractivity contribution in [1.82, 2.24) is 15.0 Å². The van der Waals surface area contributed by atoms with Crippen LogP contribution in [0.5, 0.6) is 0 Å². The Morgan fingerprint density at radius 3 is 1.58 bits per heavy atom. The molecule has 0 amide bonds. The Labute approximate surface area is 362 Å². The van der Waals surface area contributed by atoms with Gasteiger partial charge in [0.25, 0.3) is 0 Å². The third-order valence-electron chi connectivity index (χ3n) is 13.0. The quantitative estimate of drug-likeness (QED) is 0.161. The number of rotatable bonds is 7. The van der Waals surface area contributed by atoms with Crippen LogP contribution in [0.3, 0.4) is 0 Å². The van der Waals surface area contributed by atoms with Gasteiger partial charge in [0, 0.05) is 34.5 Å². The lowest BCUT2D eigenvalue weighted by molar-refractivity contribution is 0.353. The normalized spacial score (nSPS) is 13.6. The fraction of sp³-hybridized carbons (Fsp3) is 0.103. The highest BCUT2D eigenvalue weighted by atomic mass is 14.9. The molecule has 0 N–H and O–H groups in total. The fourth-order valence-corrected chi connectivity index (χ4v) is 9.86. The molecule has 294 valence electrons. The van der Waals surface area contributed by atoms with Crippen molar-refractivity contribution in [3.8, 4) is 95.6 Å². The Bertz CT molecular complexity index is 3140. The van der Waals surface area contributed by atoms with E-state index in [1.54, 1.807) is 6.20 Å². The Morgan fingerprint density at radius 2 is 0.919 bits per heavy atom. The first-order chi connectivity index (χ1) is 30.6. The lowest BCUT2D eigenvalue weighted by atomic mass is 9.67. The van der Waals surface area contributed by atoms with E-state index in [2.05, 4.69) is 163 Å². The van der Waals surface area contributed by atoms with E-state index in [0.29, 0.717) is 5.82 Å². The van der Waals surface area contributed by atoms with Crippen molar-refractivity contribution < 1.29 is 0 Å². The van der Waals surface area contributed by atoms with Crippen LogP contribution in [0.4, 0.5) is 0 Å². The van der Waals surface area contributed by atoms with Gasteiger partial charge in [0.05, 0.1) is 23.0 Å². The summed E-state index contributed by atoms with van der Waals surface area (Å²) in [7, 11) is 0. The number of fused-ring (bicyclic) bond motifs is 5. The van der Waals surface area contributed by atoms with Gasteiger partial charge in [-0.25, -0.2) is 9.97 Å². The van der Waals surface area contributed by atoms with E-state index in [1.165, 1.54) is 63.8 Å². The van der Waals surface area contributed by atoms with Gasteiger partial charge in [0.15, 0.2) is 5.82 Å². The van der Waals surface area contributed by atoms with E-state index in [1.807, 2.05) is 36.5 Å². The number of benzene rings is 7. The molecular formula is C58H42N4. The van der Waals surface area contributed by atoms with E-state index in [-0.39, 0.29) is 5.41 Å². The Morgan fingerprint density at radius 1 is 0.403 bits per heavy atom. The largest absolute Gasteiger partial charge is 0.264 e. The van der Waals surface area contributed by atoms with Gasteiger partial charge in [0.1, 0.15) is 0 Å². The minimum absolute atomic E-state index is 0.00322. The fourth-order valence-electron chi connectivity index (χ4n) is 9.86. The molecule has 2 aliphatic rings. The molecule has 2 heterocycles. The van der Waals surface area contributed by atoms with Gasteiger partial charge in [-0.05, 0) is 122 Å². The lowest BCUT2D eigenvalue weighted by Gasteiger charge is -2.36. The highest BCUT2D eigenvalue weighted by Crippen LogP contribution is 2.56. The molecule has 4 nitrogen and oxygen atoms in total. The summed E-state index contributed by atoms with van der Waals surface area (Å²) in [5.74, 6) is 0.693. The molecule has 0 bridgehead atoms. The molecule has 1 saturated carbocycles. The van der Waals surface area contributed by atoms with Crippen LogP contribution in [0.15, 0.2) is 194 Å². The topological polar surface area (TPSA) is 62.5 Å².